The number of nitrogens with one attached hydrogen (secondary N) is 1. The lowest BCUT2D eigenvalue weighted by Gasteiger charge is -2.33. The van der Waals surface area contributed by atoms with Gasteiger partial charge in [-0.3, -0.25) is 9.59 Å². The van der Waals surface area contributed by atoms with Gasteiger partial charge in [0.15, 0.2) is 4.33 Å². The maximum atomic E-state index is 13.6. The molecule has 36 heavy (non-hydrogen) atoms. The van der Waals surface area contributed by atoms with Crippen LogP contribution in [0, 0.1) is 18.8 Å². The summed E-state index contributed by atoms with van der Waals surface area (Å²) in [5.74, 6) is -6.45. The standard InChI is InChI=1S/C23H17Cl6NO5S/c1-3-35-20(34)12-11(10-6-4-9(2)5-7-10)8-36-18(12)30-17(31)13-14(19(32)33)22(27)16(25)15(24)21(13,26)23(22,28)29/h4-8,13-14H,3H2,1-2H3,(H,30,31)(H,32,33)/t13-,14-,21-,22-/m0/s1. The molecule has 0 spiro atoms. The Hall–Kier alpha value is -1.19. The summed E-state index contributed by atoms with van der Waals surface area (Å²) in [5, 5.41) is 13.7. The van der Waals surface area contributed by atoms with E-state index >= 15 is 0 Å². The largest absolute Gasteiger partial charge is 0.481 e. The first-order valence-electron chi connectivity index (χ1n) is 10.5. The van der Waals surface area contributed by atoms with Gasteiger partial charge >= 0.3 is 11.9 Å². The monoisotopic (exact) mass is 629 g/mol. The third kappa shape index (κ3) is 3.69. The number of hydrogen-bond acceptors (Lipinski definition) is 5. The van der Waals surface area contributed by atoms with E-state index in [1.54, 1.807) is 12.3 Å². The molecule has 2 aliphatic carbocycles. The molecule has 4 rings (SSSR count). The summed E-state index contributed by atoms with van der Waals surface area (Å²) in [4.78, 5) is 34.5. The lowest BCUT2D eigenvalue weighted by molar-refractivity contribution is -0.146. The Bertz CT molecular complexity index is 1310. The number of ether oxygens (including phenoxy) is 1. The molecule has 2 aromatic rings. The van der Waals surface area contributed by atoms with Crippen LogP contribution in [0.5, 0.6) is 0 Å². The number of halogens is 6. The van der Waals surface area contributed by atoms with Crippen LogP contribution in [0.2, 0.25) is 0 Å². The first-order valence-corrected chi connectivity index (χ1v) is 13.6. The molecule has 1 aromatic carbocycles. The second kappa shape index (κ2) is 9.53. The zero-order valence-corrected chi connectivity index (χ0v) is 23.9. The molecule has 1 fully saturated rings. The van der Waals surface area contributed by atoms with Crippen molar-refractivity contribution in [2.45, 2.75) is 27.9 Å². The number of hydrogen-bond donors (Lipinski definition) is 2. The molecule has 4 atom stereocenters. The number of anilines is 1. The average molecular weight is 632 g/mol. The maximum Gasteiger partial charge on any atom is 0.341 e. The van der Waals surface area contributed by atoms with Gasteiger partial charge in [0.2, 0.25) is 5.91 Å². The Morgan fingerprint density at radius 2 is 1.58 bits per heavy atom. The fraction of sp³-hybridized carbons (Fsp3) is 0.348. The van der Waals surface area contributed by atoms with E-state index in [2.05, 4.69) is 5.32 Å². The first kappa shape index (κ1) is 27.8. The van der Waals surface area contributed by atoms with Crippen LogP contribution >= 0.6 is 80.9 Å². The fourth-order valence-corrected chi connectivity index (χ4v) is 8.51. The van der Waals surface area contributed by atoms with Gasteiger partial charge in [0, 0.05) is 10.9 Å². The number of carbonyl (C=O) groups excluding carboxylic acids is 2. The van der Waals surface area contributed by atoms with Crippen molar-refractivity contribution < 1.29 is 24.2 Å². The second-order valence-corrected chi connectivity index (χ2v) is 12.5. The predicted molar refractivity (Wildman–Crippen MR) is 144 cm³/mol. The van der Waals surface area contributed by atoms with Crippen molar-refractivity contribution in [2.24, 2.45) is 11.8 Å². The van der Waals surface area contributed by atoms with Crippen molar-refractivity contribution in [2.75, 3.05) is 11.9 Å². The molecule has 0 saturated heterocycles. The van der Waals surface area contributed by atoms with Gasteiger partial charge in [-0.2, -0.15) is 0 Å². The minimum Gasteiger partial charge on any atom is -0.481 e. The summed E-state index contributed by atoms with van der Waals surface area (Å²) in [5.41, 5.74) is 2.36. The molecule has 192 valence electrons. The number of aliphatic carboxylic acids is 1. The van der Waals surface area contributed by atoms with E-state index in [1.807, 2.05) is 31.2 Å². The molecule has 1 amide bonds. The summed E-state index contributed by atoms with van der Waals surface area (Å²) in [6, 6.07) is 7.41. The molecule has 1 heterocycles. The molecular formula is C23H17Cl6NO5S. The van der Waals surface area contributed by atoms with Crippen LogP contribution in [-0.4, -0.2) is 43.6 Å². The molecule has 13 heteroatoms. The quantitative estimate of drug-likeness (QED) is 0.265. The van der Waals surface area contributed by atoms with Crippen LogP contribution in [0.3, 0.4) is 0 Å². The number of aryl methyl sites for hydroxylation is 1. The number of alkyl halides is 4. The van der Waals surface area contributed by atoms with Gasteiger partial charge in [-0.1, -0.05) is 76.2 Å². The number of benzene rings is 1. The lowest BCUT2D eigenvalue weighted by atomic mass is 9.81. The highest BCUT2D eigenvalue weighted by Gasteiger charge is 2.85. The van der Waals surface area contributed by atoms with Gasteiger partial charge < -0.3 is 15.2 Å². The summed E-state index contributed by atoms with van der Waals surface area (Å²) in [6.07, 6.45) is 0. The molecule has 1 saturated carbocycles. The normalized spacial score (nSPS) is 28.3. The highest BCUT2D eigenvalue weighted by molar-refractivity contribution is 7.15. The fourth-order valence-electron chi connectivity index (χ4n) is 4.62. The molecule has 0 radical (unpaired) electrons. The average Bonchev–Trinajstić information content (AvgIpc) is 3.31. The van der Waals surface area contributed by atoms with Gasteiger partial charge in [0.25, 0.3) is 0 Å². The van der Waals surface area contributed by atoms with Gasteiger partial charge in [-0.05, 0) is 19.4 Å². The molecule has 1 aromatic heterocycles. The summed E-state index contributed by atoms with van der Waals surface area (Å²) in [7, 11) is 0. The summed E-state index contributed by atoms with van der Waals surface area (Å²) < 4.78 is 2.97. The number of carboxylic acid groups (broad SMARTS) is 1. The summed E-state index contributed by atoms with van der Waals surface area (Å²) >= 11 is 39.9. The molecular weight excluding hydrogens is 615 g/mol. The van der Waals surface area contributed by atoms with E-state index < -0.39 is 43.8 Å². The number of carboxylic acids is 1. The minimum atomic E-state index is -2.24. The Kier molecular flexibility index (Phi) is 7.37. The number of fused-ring (bicyclic) bond motifs is 2. The zero-order valence-electron chi connectivity index (χ0n) is 18.5. The maximum absolute atomic E-state index is 13.6. The van der Waals surface area contributed by atoms with Crippen LogP contribution in [0.1, 0.15) is 22.8 Å². The third-order valence-corrected chi connectivity index (χ3v) is 11.5. The van der Waals surface area contributed by atoms with Crippen molar-refractivity contribution in [3.8, 4) is 11.1 Å². The lowest BCUT2D eigenvalue weighted by Crippen LogP contribution is -2.47. The molecule has 0 unspecified atom stereocenters. The van der Waals surface area contributed by atoms with E-state index in [-0.39, 0.29) is 27.2 Å². The Morgan fingerprint density at radius 1 is 1.03 bits per heavy atom. The highest BCUT2D eigenvalue weighted by atomic mass is 35.5. The van der Waals surface area contributed by atoms with E-state index in [1.165, 1.54) is 0 Å². The van der Waals surface area contributed by atoms with Crippen molar-refractivity contribution >= 4 is 104 Å². The van der Waals surface area contributed by atoms with Crippen molar-refractivity contribution in [3.05, 3.63) is 50.8 Å². The minimum absolute atomic E-state index is 0.0958. The van der Waals surface area contributed by atoms with E-state index in [4.69, 9.17) is 74.3 Å². The Labute approximate surface area is 240 Å². The van der Waals surface area contributed by atoms with E-state index in [0.717, 1.165) is 22.5 Å². The number of rotatable bonds is 6. The predicted octanol–water partition coefficient (Wildman–Crippen LogP) is 7.00. The topological polar surface area (TPSA) is 92.7 Å². The Balaban J connectivity index is 1.80. The van der Waals surface area contributed by atoms with Crippen molar-refractivity contribution in [3.63, 3.8) is 0 Å². The van der Waals surface area contributed by atoms with Gasteiger partial charge in [-0.15, -0.1) is 34.5 Å². The van der Waals surface area contributed by atoms with Crippen LogP contribution < -0.4 is 5.32 Å². The van der Waals surface area contributed by atoms with E-state index in [0.29, 0.717) is 5.56 Å². The zero-order chi connectivity index (χ0) is 26.8. The number of carbonyl (C=O) groups is 3. The highest BCUT2D eigenvalue weighted by Crippen LogP contribution is 2.76. The van der Waals surface area contributed by atoms with E-state index in [9.17, 15) is 19.5 Å². The molecule has 2 bridgehead atoms. The number of allylic oxidation sites excluding steroid dienone is 2. The van der Waals surface area contributed by atoms with Crippen LogP contribution in [0.4, 0.5) is 5.00 Å². The number of thiophene rings is 1. The van der Waals surface area contributed by atoms with Crippen molar-refractivity contribution in [1.29, 1.82) is 0 Å². The van der Waals surface area contributed by atoms with Crippen LogP contribution in [0.25, 0.3) is 11.1 Å². The number of esters is 1. The number of amides is 1. The van der Waals surface area contributed by atoms with Gasteiger partial charge in [-0.25, -0.2) is 4.79 Å². The van der Waals surface area contributed by atoms with Crippen molar-refractivity contribution in [1.82, 2.24) is 0 Å². The van der Waals surface area contributed by atoms with Crippen LogP contribution in [0.15, 0.2) is 39.7 Å². The first-order chi connectivity index (χ1) is 16.7. The SMILES string of the molecule is CCOC(=O)c1c(-c2ccc(C)cc2)csc1NC(=O)[C@@H]1[C@@H](C(=O)O)[C@]2(Cl)C(Cl)=C(Cl)[C@]1(Cl)C2(Cl)Cl. The summed E-state index contributed by atoms with van der Waals surface area (Å²) in [6.45, 7) is 3.67. The smallest absolute Gasteiger partial charge is 0.341 e. The molecule has 2 aliphatic rings. The second-order valence-electron chi connectivity index (χ2n) is 8.35. The van der Waals surface area contributed by atoms with Gasteiger partial charge in [0.1, 0.15) is 20.3 Å². The molecule has 2 N–H and O–H groups in total. The molecule has 6 nitrogen and oxygen atoms in total. The van der Waals surface area contributed by atoms with Gasteiger partial charge in [0.05, 0.1) is 28.5 Å². The third-order valence-electron chi connectivity index (χ3n) is 6.35. The molecule has 0 aliphatic heterocycles. The Morgan fingerprint density at radius 3 is 2.11 bits per heavy atom. The van der Waals surface area contributed by atoms with Crippen LogP contribution in [-0.2, 0) is 14.3 Å².